The van der Waals surface area contributed by atoms with E-state index in [4.69, 9.17) is 11.6 Å². The Morgan fingerprint density at radius 3 is 2.58 bits per heavy atom. The van der Waals surface area contributed by atoms with Crippen molar-refractivity contribution in [1.82, 2.24) is 15.0 Å². The molecule has 0 atom stereocenters. The molecule has 0 radical (unpaired) electrons. The summed E-state index contributed by atoms with van der Waals surface area (Å²) in [7, 11) is 0. The minimum atomic E-state index is 0.233. The summed E-state index contributed by atoms with van der Waals surface area (Å²) in [6.45, 7) is 7.36. The van der Waals surface area contributed by atoms with Gasteiger partial charge < -0.3 is 0 Å². The molecule has 3 nitrogen and oxygen atoms in total. The Morgan fingerprint density at radius 2 is 2.17 bits per heavy atom. The van der Waals surface area contributed by atoms with Gasteiger partial charge in [-0.1, -0.05) is 26.0 Å². The highest BCUT2D eigenvalue weighted by Gasteiger charge is 2.12. The molecule has 0 fully saturated rings. The number of hydrogen-bond donors (Lipinski definition) is 0. The van der Waals surface area contributed by atoms with Crippen molar-refractivity contribution in [2.45, 2.75) is 33.2 Å². The zero-order valence-corrected chi connectivity index (χ0v) is 8.47. The molecular weight excluding hydrogens is 174 g/mol. The van der Waals surface area contributed by atoms with Crippen LogP contribution in [-0.4, -0.2) is 15.0 Å². The van der Waals surface area contributed by atoms with E-state index in [1.165, 1.54) is 0 Å². The van der Waals surface area contributed by atoms with Gasteiger partial charge in [-0.25, -0.2) is 0 Å². The zero-order chi connectivity index (χ0) is 9.19. The van der Waals surface area contributed by atoms with Crippen LogP contribution in [0, 0.1) is 5.41 Å². The monoisotopic (exact) mass is 187 g/mol. The lowest BCUT2D eigenvalue weighted by Crippen LogP contribution is -2.15. The molecule has 0 amide bonds. The van der Waals surface area contributed by atoms with Crippen LogP contribution in [0.1, 0.15) is 26.5 Å². The van der Waals surface area contributed by atoms with Crippen molar-refractivity contribution in [3.63, 3.8) is 0 Å². The first-order valence-electron chi connectivity index (χ1n) is 3.96. The molecule has 0 aromatic carbocycles. The van der Waals surface area contributed by atoms with Gasteiger partial charge in [0.25, 0.3) is 0 Å². The smallest absolute Gasteiger partial charge is 0.0974 e. The van der Waals surface area contributed by atoms with Gasteiger partial charge in [0.15, 0.2) is 0 Å². The maximum absolute atomic E-state index is 5.60. The quantitative estimate of drug-likeness (QED) is 0.664. The third kappa shape index (κ3) is 2.81. The van der Waals surface area contributed by atoms with Crippen LogP contribution in [0.25, 0.3) is 0 Å². The second-order valence-electron chi connectivity index (χ2n) is 4.10. The molecule has 1 heterocycles. The van der Waals surface area contributed by atoms with E-state index in [0.29, 0.717) is 5.88 Å². The van der Waals surface area contributed by atoms with E-state index in [-0.39, 0.29) is 5.41 Å². The first kappa shape index (κ1) is 9.52. The number of nitrogens with zero attached hydrogens (tertiary/aromatic N) is 3. The van der Waals surface area contributed by atoms with Crippen molar-refractivity contribution in [1.29, 1.82) is 0 Å². The number of rotatable bonds is 2. The maximum atomic E-state index is 5.60. The largest absolute Gasteiger partial charge is 0.252 e. The Morgan fingerprint density at radius 1 is 1.50 bits per heavy atom. The van der Waals surface area contributed by atoms with E-state index in [2.05, 4.69) is 31.1 Å². The summed E-state index contributed by atoms with van der Waals surface area (Å²) in [5.74, 6) is 0.435. The fourth-order valence-corrected chi connectivity index (χ4v) is 1.09. The van der Waals surface area contributed by atoms with Gasteiger partial charge in [-0.2, -0.15) is 0 Å². The molecule has 0 N–H and O–H groups in total. The maximum Gasteiger partial charge on any atom is 0.0974 e. The van der Waals surface area contributed by atoms with Gasteiger partial charge in [0.1, 0.15) is 0 Å². The van der Waals surface area contributed by atoms with Crippen LogP contribution in [0.15, 0.2) is 6.20 Å². The number of alkyl halides is 1. The van der Waals surface area contributed by atoms with Gasteiger partial charge >= 0.3 is 0 Å². The summed E-state index contributed by atoms with van der Waals surface area (Å²) in [5.41, 5.74) is 1.07. The molecule has 0 aliphatic rings. The normalized spacial score (nSPS) is 12.0. The Labute approximate surface area is 77.7 Å². The van der Waals surface area contributed by atoms with Crippen molar-refractivity contribution in [3.8, 4) is 0 Å². The van der Waals surface area contributed by atoms with Crippen LogP contribution in [0.4, 0.5) is 0 Å². The predicted octanol–water partition coefficient (Wildman–Crippen LogP) is 2.06. The van der Waals surface area contributed by atoms with Gasteiger partial charge in [-0.15, -0.1) is 16.7 Å². The molecule has 1 aromatic rings. The van der Waals surface area contributed by atoms with Crippen LogP contribution in [0.5, 0.6) is 0 Å². The van der Waals surface area contributed by atoms with Crippen LogP contribution in [0.3, 0.4) is 0 Å². The van der Waals surface area contributed by atoms with Gasteiger partial charge in [-0.05, 0) is 5.41 Å². The molecule has 0 aliphatic carbocycles. The fourth-order valence-electron chi connectivity index (χ4n) is 0.963. The van der Waals surface area contributed by atoms with E-state index in [0.717, 1.165) is 12.2 Å². The third-order valence-electron chi connectivity index (χ3n) is 1.36. The lowest BCUT2D eigenvalue weighted by molar-refractivity contribution is 0.321. The topological polar surface area (TPSA) is 30.7 Å². The Balaban J connectivity index is 2.64. The molecule has 0 aliphatic heterocycles. The standard InChI is InChI=1S/C8H14ClN3/c1-8(2,3)6-12-5-7(4-9)10-11-12/h5H,4,6H2,1-3H3. The molecule has 0 unspecified atom stereocenters. The lowest BCUT2D eigenvalue weighted by atomic mass is 9.97. The summed E-state index contributed by atoms with van der Waals surface area (Å²) in [6.07, 6.45) is 1.89. The van der Waals surface area contributed by atoms with Crippen molar-refractivity contribution in [2.24, 2.45) is 5.41 Å². The molecule has 1 aromatic heterocycles. The molecule has 0 saturated carbocycles. The highest BCUT2D eigenvalue weighted by Crippen LogP contribution is 2.15. The van der Waals surface area contributed by atoms with E-state index in [9.17, 15) is 0 Å². The lowest BCUT2D eigenvalue weighted by Gasteiger charge is -2.16. The summed E-state index contributed by atoms with van der Waals surface area (Å²) in [4.78, 5) is 0. The van der Waals surface area contributed by atoms with Crippen molar-refractivity contribution in [3.05, 3.63) is 11.9 Å². The molecule has 12 heavy (non-hydrogen) atoms. The molecule has 0 spiro atoms. The van der Waals surface area contributed by atoms with Gasteiger partial charge in [0, 0.05) is 12.7 Å². The average molecular weight is 188 g/mol. The number of halogens is 1. The molecular formula is C8H14ClN3. The first-order valence-corrected chi connectivity index (χ1v) is 4.50. The highest BCUT2D eigenvalue weighted by molar-refractivity contribution is 6.16. The van der Waals surface area contributed by atoms with E-state index in [1.54, 1.807) is 0 Å². The number of hydrogen-bond acceptors (Lipinski definition) is 2. The fraction of sp³-hybridized carbons (Fsp3) is 0.750. The predicted molar refractivity (Wildman–Crippen MR) is 49.0 cm³/mol. The van der Waals surface area contributed by atoms with Gasteiger partial charge in [0.05, 0.1) is 11.6 Å². The molecule has 0 bridgehead atoms. The van der Waals surface area contributed by atoms with Crippen LogP contribution in [-0.2, 0) is 12.4 Å². The van der Waals surface area contributed by atoms with Crippen LogP contribution in [0.2, 0.25) is 0 Å². The summed E-state index contributed by atoms with van der Waals surface area (Å²) in [5, 5.41) is 7.85. The van der Waals surface area contributed by atoms with Gasteiger partial charge in [0.2, 0.25) is 0 Å². The molecule has 4 heteroatoms. The van der Waals surface area contributed by atoms with Crippen LogP contribution >= 0.6 is 11.6 Å². The second-order valence-corrected chi connectivity index (χ2v) is 4.37. The molecule has 0 saturated heterocycles. The number of aromatic nitrogens is 3. The van der Waals surface area contributed by atoms with Gasteiger partial charge in [-0.3, -0.25) is 4.68 Å². The van der Waals surface area contributed by atoms with Crippen molar-refractivity contribution < 1.29 is 0 Å². The summed E-state index contributed by atoms with van der Waals surface area (Å²) >= 11 is 5.60. The van der Waals surface area contributed by atoms with Crippen molar-refractivity contribution >= 4 is 11.6 Å². The second kappa shape index (κ2) is 3.44. The van der Waals surface area contributed by atoms with E-state index in [1.807, 2.05) is 10.9 Å². The minimum absolute atomic E-state index is 0.233. The first-order chi connectivity index (χ1) is 5.51. The van der Waals surface area contributed by atoms with Crippen LogP contribution < -0.4 is 0 Å². The summed E-state index contributed by atoms with van der Waals surface area (Å²) < 4.78 is 1.83. The summed E-state index contributed by atoms with van der Waals surface area (Å²) in [6, 6.07) is 0. The van der Waals surface area contributed by atoms with E-state index >= 15 is 0 Å². The average Bonchev–Trinajstić information content (AvgIpc) is 2.32. The van der Waals surface area contributed by atoms with E-state index < -0.39 is 0 Å². The molecule has 68 valence electrons. The third-order valence-corrected chi connectivity index (χ3v) is 1.63. The Hall–Kier alpha value is -0.570. The SMILES string of the molecule is CC(C)(C)Cn1cc(CCl)nn1. The van der Waals surface area contributed by atoms with Crippen molar-refractivity contribution in [2.75, 3.05) is 0 Å². The Bertz CT molecular complexity index is 249. The molecule has 1 rings (SSSR count). The highest BCUT2D eigenvalue weighted by atomic mass is 35.5. The minimum Gasteiger partial charge on any atom is -0.252 e. The zero-order valence-electron chi connectivity index (χ0n) is 7.71. The Kier molecular flexibility index (Phi) is 2.73.